The van der Waals surface area contributed by atoms with Crippen molar-refractivity contribution in [3.63, 3.8) is 0 Å². The smallest absolute Gasteiger partial charge is 0.289 e. The third-order valence-electron chi connectivity index (χ3n) is 13.2. The zero-order valence-electron chi connectivity index (χ0n) is 23.8. The van der Waals surface area contributed by atoms with Crippen molar-refractivity contribution >= 4 is 57.9 Å². The SMILES string of the molecule is O=C(NSC12CC3CC(C1)CC(SNC(=O)SC14CC5CC(CC(C5)C1)C4)(C3)C2)SC12CC3CC(CC(C3)C1)C2. The Hall–Kier alpha value is 0.340. The third kappa shape index (κ3) is 4.73. The molecule has 12 bridgehead atoms. The molecule has 4 nitrogen and oxygen atoms in total. The molecule has 0 saturated heterocycles. The molecule has 12 saturated carbocycles. The average Bonchev–Trinajstić information content (AvgIpc) is 2.84. The summed E-state index contributed by atoms with van der Waals surface area (Å²) in [6.45, 7) is 0. The molecule has 12 fully saturated rings. The minimum Gasteiger partial charge on any atom is -0.290 e. The van der Waals surface area contributed by atoms with Gasteiger partial charge in [0.05, 0.1) is 0 Å². The number of hydrogen-bond donors (Lipinski definition) is 2. The summed E-state index contributed by atoms with van der Waals surface area (Å²) in [6, 6.07) is 0. The van der Waals surface area contributed by atoms with Crippen LogP contribution in [0.15, 0.2) is 0 Å². The van der Waals surface area contributed by atoms with Crippen molar-refractivity contribution in [3.8, 4) is 0 Å². The van der Waals surface area contributed by atoms with E-state index in [1.807, 2.05) is 0 Å². The lowest BCUT2D eigenvalue weighted by atomic mass is 9.55. The van der Waals surface area contributed by atoms with Crippen LogP contribution in [-0.2, 0) is 0 Å². The van der Waals surface area contributed by atoms with E-state index in [1.165, 1.54) is 109 Å². The Bertz CT molecular complexity index is 930. The predicted octanol–water partition coefficient (Wildman–Crippen LogP) is 9.20. The van der Waals surface area contributed by atoms with Gasteiger partial charge in [0, 0.05) is 19.0 Å². The molecule has 12 rings (SSSR count). The second-order valence-electron chi connectivity index (χ2n) is 16.7. The van der Waals surface area contributed by atoms with Crippen LogP contribution in [-0.4, -0.2) is 29.5 Å². The monoisotopic (exact) mass is 618 g/mol. The van der Waals surface area contributed by atoms with Crippen molar-refractivity contribution in [1.82, 2.24) is 9.44 Å². The van der Waals surface area contributed by atoms with E-state index in [-0.39, 0.29) is 29.5 Å². The Morgan fingerprint density at radius 1 is 0.425 bits per heavy atom. The van der Waals surface area contributed by atoms with Gasteiger partial charge in [0.1, 0.15) is 0 Å². The molecule has 0 aliphatic heterocycles. The second-order valence-corrected chi connectivity index (χ2v) is 22.1. The number of nitrogens with one attached hydrogen (secondary N) is 2. The molecule has 2 amide bonds. The zero-order chi connectivity index (χ0) is 26.7. The van der Waals surface area contributed by atoms with Crippen LogP contribution in [0.3, 0.4) is 0 Å². The lowest BCUT2D eigenvalue weighted by molar-refractivity contribution is 0.0385. The number of carbonyl (C=O) groups excluding carboxylic acids is 2. The summed E-state index contributed by atoms with van der Waals surface area (Å²) in [6.07, 6.45) is 23.7. The molecule has 8 heteroatoms. The van der Waals surface area contributed by atoms with Crippen LogP contribution < -0.4 is 9.44 Å². The lowest BCUT2D eigenvalue weighted by Gasteiger charge is -2.61. The van der Waals surface area contributed by atoms with Gasteiger partial charge >= 0.3 is 0 Å². The Labute approximate surface area is 257 Å². The Morgan fingerprint density at radius 2 is 0.700 bits per heavy atom. The fourth-order valence-electron chi connectivity index (χ4n) is 13.4. The van der Waals surface area contributed by atoms with E-state index in [1.54, 1.807) is 47.4 Å². The number of amides is 2. The molecule has 0 aromatic rings. The molecule has 0 heterocycles. The highest BCUT2D eigenvalue weighted by molar-refractivity contribution is 8.16. The van der Waals surface area contributed by atoms with Crippen LogP contribution in [0, 0.1) is 47.3 Å². The highest BCUT2D eigenvalue weighted by Crippen LogP contribution is 2.66. The maximum Gasteiger partial charge on any atom is 0.289 e. The van der Waals surface area contributed by atoms with Crippen LogP contribution in [0.2, 0.25) is 0 Å². The minimum absolute atomic E-state index is 0.159. The Balaban J connectivity index is 0.826. The molecular weight excluding hydrogens is 573 g/mol. The van der Waals surface area contributed by atoms with Gasteiger partial charge in [-0.15, -0.1) is 0 Å². The maximum absolute atomic E-state index is 13.4. The van der Waals surface area contributed by atoms with Gasteiger partial charge in [-0.3, -0.25) is 19.0 Å². The summed E-state index contributed by atoms with van der Waals surface area (Å²) in [4.78, 5) is 26.8. The molecule has 12 aliphatic carbocycles. The number of carbonyl (C=O) groups is 2. The van der Waals surface area contributed by atoms with Gasteiger partial charge < -0.3 is 0 Å². The van der Waals surface area contributed by atoms with Gasteiger partial charge in [-0.1, -0.05) is 23.5 Å². The second kappa shape index (κ2) is 9.42. The molecule has 2 N–H and O–H groups in total. The van der Waals surface area contributed by atoms with Crippen LogP contribution in [0.4, 0.5) is 9.59 Å². The van der Waals surface area contributed by atoms with Gasteiger partial charge in [-0.05, 0) is 187 Å². The van der Waals surface area contributed by atoms with E-state index < -0.39 is 0 Å². The molecule has 40 heavy (non-hydrogen) atoms. The van der Waals surface area contributed by atoms with E-state index in [0.717, 1.165) is 53.8 Å². The summed E-state index contributed by atoms with van der Waals surface area (Å²) in [5, 5.41) is 0.453. The Kier molecular flexibility index (Phi) is 6.29. The van der Waals surface area contributed by atoms with Gasteiger partial charge in [-0.2, -0.15) is 0 Å². The van der Waals surface area contributed by atoms with Crippen LogP contribution in [0.25, 0.3) is 0 Å². The first-order valence-electron chi connectivity index (χ1n) is 16.6. The van der Waals surface area contributed by atoms with Crippen molar-refractivity contribution in [1.29, 1.82) is 0 Å². The molecule has 0 radical (unpaired) electrons. The highest BCUT2D eigenvalue weighted by Gasteiger charge is 2.60. The maximum atomic E-state index is 13.4. The quantitative estimate of drug-likeness (QED) is 0.290. The molecule has 0 atom stereocenters. The van der Waals surface area contributed by atoms with Crippen molar-refractivity contribution in [3.05, 3.63) is 0 Å². The topological polar surface area (TPSA) is 58.2 Å². The first-order chi connectivity index (χ1) is 19.2. The lowest BCUT2D eigenvalue weighted by Crippen LogP contribution is -2.58. The fraction of sp³-hybridized carbons (Fsp3) is 0.938. The minimum atomic E-state index is 0.159. The van der Waals surface area contributed by atoms with Crippen LogP contribution in [0.5, 0.6) is 0 Å². The van der Waals surface area contributed by atoms with Crippen LogP contribution in [0.1, 0.15) is 116 Å². The zero-order valence-corrected chi connectivity index (χ0v) is 27.1. The summed E-state index contributed by atoms with van der Waals surface area (Å²) >= 11 is 6.97. The summed E-state index contributed by atoms with van der Waals surface area (Å²) < 4.78 is 7.63. The fourth-order valence-corrected chi connectivity index (χ4v) is 19.3. The molecular formula is C32H46N2O2S4. The van der Waals surface area contributed by atoms with Gasteiger partial charge in [-0.25, -0.2) is 0 Å². The first-order valence-corrected chi connectivity index (χ1v) is 19.8. The van der Waals surface area contributed by atoms with Gasteiger partial charge in [0.25, 0.3) is 10.5 Å². The van der Waals surface area contributed by atoms with Crippen molar-refractivity contribution in [2.45, 2.75) is 135 Å². The number of rotatable bonds is 6. The average molecular weight is 619 g/mol. The molecule has 0 unspecified atom stereocenters. The third-order valence-corrected chi connectivity index (χ3v) is 18.3. The molecule has 0 spiro atoms. The van der Waals surface area contributed by atoms with Crippen molar-refractivity contribution < 1.29 is 9.59 Å². The molecule has 0 aromatic heterocycles. The van der Waals surface area contributed by atoms with E-state index >= 15 is 0 Å². The largest absolute Gasteiger partial charge is 0.290 e. The highest BCUT2D eigenvalue weighted by atomic mass is 32.2. The molecule has 0 aromatic carbocycles. The van der Waals surface area contributed by atoms with Crippen molar-refractivity contribution in [2.75, 3.05) is 0 Å². The van der Waals surface area contributed by atoms with Crippen LogP contribution >= 0.6 is 47.4 Å². The summed E-state index contributed by atoms with van der Waals surface area (Å²) in [7, 11) is 0. The van der Waals surface area contributed by atoms with Crippen molar-refractivity contribution in [2.24, 2.45) is 47.3 Å². The Morgan fingerprint density at radius 3 is 1.02 bits per heavy atom. The van der Waals surface area contributed by atoms with Gasteiger partial charge in [0.2, 0.25) is 0 Å². The van der Waals surface area contributed by atoms with E-state index in [4.69, 9.17) is 0 Å². The molecule has 12 aliphatic rings. The standard InChI is InChI=1S/C32H46N2O2S4/c35-27(37-29-8-19-1-20(9-29)3-21(2-19)10-29)33-39-31-14-25-7-26(15-31)17-32(16-25,18-31)40-34-28(36)38-30-11-22-4-23(12-30)6-24(5-22)13-30/h19-26H,1-18H2,(H,33,35)(H,34,36). The number of hydrogen-bond acceptors (Lipinski definition) is 6. The van der Waals surface area contributed by atoms with E-state index in [0.29, 0.717) is 0 Å². The van der Waals surface area contributed by atoms with E-state index in [2.05, 4.69) is 9.44 Å². The normalized spacial score (nSPS) is 54.2. The number of thioether (sulfide) groups is 2. The first kappa shape index (κ1) is 26.7. The van der Waals surface area contributed by atoms with Gasteiger partial charge in [0.15, 0.2) is 0 Å². The molecule has 220 valence electrons. The predicted molar refractivity (Wildman–Crippen MR) is 169 cm³/mol. The summed E-state index contributed by atoms with van der Waals surface area (Å²) in [5.74, 6) is 6.81. The summed E-state index contributed by atoms with van der Waals surface area (Å²) in [5.41, 5.74) is 0. The van der Waals surface area contributed by atoms with E-state index in [9.17, 15) is 9.59 Å².